The molecular formula is C12H8F11N3O6. The minimum atomic E-state index is -7.40. The van der Waals surface area contributed by atoms with Crippen molar-refractivity contribution in [3.63, 3.8) is 0 Å². The second-order valence-corrected chi connectivity index (χ2v) is 5.61. The number of alkyl halides is 11. The number of hydrogen-bond donors (Lipinski definition) is 5. The number of ether oxygens (including phenoxy) is 1. The number of rotatable bonds is 7. The van der Waals surface area contributed by atoms with Gasteiger partial charge in [-0.05, 0) is 6.07 Å². The molecule has 3 atom stereocenters. The third kappa shape index (κ3) is 5.16. The minimum absolute atomic E-state index is 0.209. The van der Waals surface area contributed by atoms with Crippen molar-refractivity contribution < 1.29 is 78.7 Å². The second kappa shape index (κ2) is 8.53. The summed E-state index contributed by atoms with van der Waals surface area (Å²) in [5.74, 6) is -17.4. The molecule has 20 heteroatoms. The van der Waals surface area contributed by atoms with Crippen LogP contribution in [0.1, 0.15) is 0 Å². The van der Waals surface area contributed by atoms with Crippen LogP contribution in [0.15, 0.2) is 18.2 Å². The van der Waals surface area contributed by atoms with Gasteiger partial charge in [0.05, 0.1) is 6.07 Å². The van der Waals surface area contributed by atoms with E-state index in [1.807, 2.05) is 4.74 Å². The Kier molecular flexibility index (Phi) is 7.38. The minimum Gasteiger partial charge on any atom is -0.595 e. The number of nitrogens with one attached hydrogen (secondary N) is 3. The number of amides is 1. The molecule has 1 rings (SSSR count). The lowest BCUT2D eigenvalue weighted by Gasteiger charge is -2.34. The lowest BCUT2D eigenvalue weighted by atomic mass is 10.2. The summed E-state index contributed by atoms with van der Waals surface area (Å²) >= 11 is 0. The molecular weight excluding hydrogens is 491 g/mol. The highest BCUT2D eigenvalue weighted by Gasteiger charge is 2.79. The van der Waals surface area contributed by atoms with Crippen LogP contribution in [0.5, 0.6) is 0 Å². The summed E-state index contributed by atoms with van der Waals surface area (Å²) in [6.07, 6.45) is -21.5. The summed E-state index contributed by atoms with van der Waals surface area (Å²) in [5.41, 5.74) is -3.57. The highest BCUT2D eigenvalue weighted by Crippen LogP contribution is 2.51. The van der Waals surface area contributed by atoms with Gasteiger partial charge in [-0.3, -0.25) is 9.53 Å². The van der Waals surface area contributed by atoms with Crippen LogP contribution in [0.2, 0.25) is 0 Å². The van der Waals surface area contributed by atoms with Gasteiger partial charge in [-0.2, -0.15) is 58.7 Å². The van der Waals surface area contributed by atoms with E-state index in [1.165, 1.54) is 0 Å². The number of anilines is 1. The summed E-state index contributed by atoms with van der Waals surface area (Å²) in [5, 5.41) is 36.2. The maximum Gasteiger partial charge on any atom is 0.462 e. The second-order valence-electron chi connectivity index (χ2n) is 5.61. The first-order valence-electron chi connectivity index (χ1n) is 7.28. The van der Waals surface area contributed by atoms with Crippen molar-refractivity contribution in [3.8, 4) is 0 Å². The van der Waals surface area contributed by atoms with E-state index in [-0.39, 0.29) is 12.1 Å². The van der Waals surface area contributed by atoms with Crippen molar-refractivity contribution >= 4 is 23.0 Å². The fourth-order valence-corrected chi connectivity index (χ4v) is 1.80. The SMILES string of the molecule is O=C(Nc1ccc([NH+]([O-])O)cc1[NH+]([O-])O)[C@](F)(OC(F)(F)C(F)(F)C(F)(F)F)C(F)(F)F. The molecule has 2 unspecified atom stereocenters. The Labute approximate surface area is 167 Å². The largest absolute Gasteiger partial charge is 0.595 e. The Morgan fingerprint density at radius 3 is 1.75 bits per heavy atom. The molecule has 0 heterocycles. The predicted molar refractivity (Wildman–Crippen MR) is 73.6 cm³/mol. The summed E-state index contributed by atoms with van der Waals surface area (Å²) in [6, 6.07) is 0.885. The summed E-state index contributed by atoms with van der Waals surface area (Å²) in [6.45, 7) is 0. The van der Waals surface area contributed by atoms with E-state index in [0.29, 0.717) is 6.07 Å². The van der Waals surface area contributed by atoms with E-state index in [9.17, 15) is 63.5 Å². The molecule has 0 saturated heterocycles. The van der Waals surface area contributed by atoms with Gasteiger partial charge >= 0.3 is 30.2 Å². The van der Waals surface area contributed by atoms with Crippen LogP contribution in [-0.4, -0.2) is 46.6 Å². The average Bonchev–Trinajstić information content (AvgIpc) is 2.58. The lowest BCUT2D eigenvalue weighted by molar-refractivity contribution is -0.996. The fourth-order valence-electron chi connectivity index (χ4n) is 1.80. The normalized spacial score (nSPS) is 17.5. The lowest BCUT2D eigenvalue weighted by Crippen LogP contribution is -3.00. The van der Waals surface area contributed by atoms with Crippen molar-refractivity contribution in [2.45, 2.75) is 30.2 Å². The molecule has 1 amide bonds. The van der Waals surface area contributed by atoms with Crippen molar-refractivity contribution in [1.82, 2.24) is 0 Å². The molecule has 1 aromatic carbocycles. The number of halogens is 11. The van der Waals surface area contributed by atoms with Gasteiger partial charge in [0.25, 0.3) is 5.91 Å². The van der Waals surface area contributed by atoms with Gasteiger partial charge in [0.1, 0.15) is 5.69 Å². The molecule has 0 radical (unpaired) electrons. The first kappa shape index (κ1) is 27.7. The molecule has 0 aliphatic rings. The molecule has 0 saturated carbocycles. The zero-order chi connectivity index (χ0) is 25.5. The zero-order valence-corrected chi connectivity index (χ0v) is 14.4. The van der Waals surface area contributed by atoms with Crippen molar-refractivity contribution in [2.75, 3.05) is 5.32 Å². The van der Waals surface area contributed by atoms with Gasteiger partial charge in [-0.1, -0.05) is 0 Å². The van der Waals surface area contributed by atoms with E-state index in [0.717, 1.165) is 5.32 Å². The predicted octanol–water partition coefficient (Wildman–Crippen LogP) is 1.47. The van der Waals surface area contributed by atoms with Gasteiger partial charge in [-0.25, -0.2) is 10.4 Å². The maximum absolute atomic E-state index is 14.2. The van der Waals surface area contributed by atoms with E-state index >= 15 is 0 Å². The number of carbonyl (C=O) groups is 1. The Hall–Kier alpha value is -2.36. The third-order valence-electron chi connectivity index (χ3n) is 3.39. The van der Waals surface area contributed by atoms with E-state index in [2.05, 4.69) is 0 Å². The van der Waals surface area contributed by atoms with Crippen LogP contribution in [0.4, 0.5) is 65.4 Å². The number of hydrogen-bond acceptors (Lipinski definition) is 6. The van der Waals surface area contributed by atoms with Crippen LogP contribution in [0.3, 0.4) is 0 Å². The maximum atomic E-state index is 14.2. The first-order valence-corrected chi connectivity index (χ1v) is 7.28. The van der Waals surface area contributed by atoms with Crippen LogP contribution < -0.4 is 15.8 Å². The molecule has 0 bridgehead atoms. The smallest absolute Gasteiger partial charge is 0.462 e. The van der Waals surface area contributed by atoms with Crippen LogP contribution >= 0.6 is 0 Å². The van der Waals surface area contributed by atoms with E-state index in [1.54, 1.807) is 0 Å². The van der Waals surface area contributed by atoms with Gasteiger partial charge in [0.2, 0.25) is 0 Å². The number of benzene rings is 1. The van der Waals surface area contributed by atoms with Gasteiger partial charge in [0, 0.05) is 6.07 Å². The first-order chi connectivity index (χ1) is 14.1. The fraction of sp³-hybridized carbons (Fsp3) is 0.417. The van der Waals surface area contributed by atoms with Gasteiger partial charge in [0.15, 0.2) is 11.4 Å². The van der Waals surface area contributed by atoms with Gasteiger partial charge < -0.3 is 15.7 Å². The number of carbonyl (C=O) groups excluding carboxylic acids is 1. The van der Waals surface area contributed by atoms with Crippen molar-refractivity contribution in [2.24, 2.45) is 0 Å². The third-order valence-corrected chi connectivity index (χ3v) is 3.39. The standard InChI is InChI=1S/C12H8F11N3O6/c13-8(10(16,17)18,32-12(22,23)9(14,15)11(19,20)21)7(27)24-5-2-1-4(25(28)29)3-6(5)26(30)31/h1-3,25-26,28,30H,(H,24,27)/t8-/m0/s1. The van der Waals surface area contributed by atoms with E-state index in [4.69, 9.17) is 10.4 Å². The van der Waals surface area contributed by atoms with Crippen LogP contribution in [-0.2, 0) is 9.53 Å². The molecule has 0 aliphatic heterocycles. The van der Waals surface area contributed by atoms with Crippen molar-refractivity contribution in [1.29, 1.82) is 0 Å². The quantitative estimate of drug-likeness (QED) is 0.285. The van der Waals surface area contributed by atoms with Crippen LogP contribution in [0, 0.1) is 10.4 Å². The molecule has 5 N–H and O–H groups in total. The monoisotopic (exact) mass is 499 g/mol. The average molecular weight is 499 g/mol. The zero-order valence-electron chi connectivity index (χ0n) is 14.4. The highest BCUT2D eigenvalue weighted by atomic mass is 19.4. The van der Waals surface area contributed by atoms with E-state index < -0.39 is 63.7 Å². The summed E-state index contributed by atoms with van der Waals surface area (Å²) in [7, 11) is 0. The number of quaternary nitrogens is 2. The molecule has 0 aromatic heterocycles. The Morgan fingerprint density at radius 1 is 0.875 bits per heavy atom. The Balaban J connectivity index is 3.46. The molecule has 0 aliphatic carbocycles. The molecule has 32 heavy (non-hydrogen) atoms. The molecule has 9 nitrogen and oxygen atoms in total. The van der Waals surface area contributed by atoms with Gasteiger partial charge in [-0.15, -0.1) is 0 Å². The van der Waals surface area contributed by atoms with Crippen molar-refractivity contribution in [3.05, 3.63) is 28.6 Å². The Morgan fingerprint density at radius 2 is 1.38 bits per heavy atom. The molecule has 1 aromatic rings. The highest BCUT2D eigenvalue weighted by molar-refractivity contribution is 5.98. The topological polar surface area (TPSA) is 134 Å². The molecule has 184 valence electrons. The molecule has 0 spiro atoms. The summed E-state index contributed by atoms with van der Waals surface area (Å²) < 4.78 is 143. The summed E-state index contributed by atoms with van der Waals surface area (Å²) in [4.78, 5) is 11.6. The Bertz CT molecular complexity index is 845. The van der Waals surface area contributed by atoms with Crippen LogP contribution in [0.25, 0.3) is 0 Å². The molecule has 0 fully saturated rings.